The number of thioether (sulfide) groups is 1. The molecule has 1 saturated carbocycles. The number of rotatable bonds is 5. The Morgan fingerprint density at radius 3 is 3.10 bits per heavy atom. The quantitative estimate of drug-likeness (QED) is 0.819. The van der Waals surface area contributed by atoms with E-state index in [0.29, 0.717) is 5.95 Å². The number of carbonyl (C=O) groups is 1. The molecule has 1 aliphatic rings. The van der Waals surface area contributed by atoms with Crippen LogP contribution in [0.5, 0.6) is 0 Å². The molecular weight excluding hydrogens is 286 g/mol. The van der Waals surface area contributed by atoms with Gasteiger partial charge in [-0.15, -0.1) is 11.8 Å². The molecule has 1 aromatic heterocycles. The molecule has 0 radical (unpaired) electrons. The summed E-state index contributed by atoms with van der Waals surface area (Å²) >= 11 is 1.88. The Kier molecular flexibility index (Phi) is 4.34. The highest BCUT2D eigenvalue weighted by Gasteiger charge is 2.16. The molecule has 3 rings (SSSR count). The highest BCUT2D eigenvalue weighted by atomic mass is 32.2. The van der Waals surface area contributed by atoms with Crippen LogP contribution in [-0.2, 0) is 4.74 Å². The summed E-state index contributed by atoms with van der Waals surface area (Å²) in [5.74, 6) is 2.52. The van der Waals surface area contributed by atoms with Crippen LogP contribution in [0.1, 0.15) is 25.7 Å². The first-order valence-electron chi connectivity index (χ1n) is 7.22. The second kappa shape index (κ2) is 6.39. The lowest BCUT2D eigenvalue weighted by Gasteiger charge is -2.24. The fourth-order valence-corrected chi connectivity index (χ4v) is 3.46. The number of ether oxygens (including phenoxy) is 1. The maximum atomic E-state index is 11.2. The van der Waals surface area contributed by atoms with Gasteiger partial charge in [-0.25, -0.2) is 9.78 Å². The third kappa shape index (κ3) is 3.50. The van der Waals surface area contributed by atoms with E-state index in [1.807, 2.05) is 17.8 Å². The molecule has 0 atom stereocenters. The van der Waals surface area contributed by atoms with Crippen molar-refractivity contribution in [1.29, 1.82) is 0 Å². The summed E-state index contributed by atoms with van der Waals surface area (Å²) in [4.78, 5) is 19.8. The third-order valence-corrected chi connectivity index (χ3v) is 4.91. The van der Waals surface area contributed by atoms with Crippen molar-refractivity contribution in [2.45, 2.75) is 30.6 Å². The summed E-state index contributed by atoms with van der Waals surface area (Å²) in [6, 6.07) is 6.13. The summed E-state index contributed by atoms with van der Waals surface area (Å²) in [6.45, 7) is 0. The van der Waals surface area contributed by atoms with Crippen LogP contribution in [0.3, 0.4) is 0 Å². The van der Waals surface area contributed by atoms with Crippen molar-refractivity contribution in [2.24, 2.45) is 5.92 Å². The van der Waals surface area contributed by atoms with E-state index in [0.717, 1.165) is 22.7 Å². The summed E-state index contributed by atoms with van der Waals surface area (Å²) < 4.78 is 4.55. The topological polar surface area (TPSA) is 67.0 Å². The van der Waals surface area contributed by atoms with Gasteiger partial charge in [-0.05, 0) is 36.3 Å². The van der Waals surface area contributed by atoms with Gasteiger partial charge in [0.1, 0.15) is 0 Å². The largest absolute Gasteiger partial charge is 0.453 e. The number of amides is 1. The average Bonchev–Trinajstić information content (AvgIpc) is 2.82. The van der Waals surface area contributed by atoms with Gasteiger partial charge in [0.15, 0.2) is 0 Å². The summed E-state index contributed by atoms with van der Waals surface area (Å²) in [6.07, 6.45) is 5.00. The molecule has 1 aliphatic carbocycles. The minimum Gasteiger partial charge on any atom is -0.453 e. The van der Waals surface area contributed by atoms with Crippen LogP contribution in [0.2, 0.25) is 0 Å². The maximum absolute atomic E-state index is 11.2. The van der Waals surface area contributed by atoms with E-state index >= 15 is 0 Å². The number of aromatic nitrogens is 2. The smallest absolute Gasteiger partial charge is 0.413 e. The van der Waals surface area contributed by atoms with E-state index < -0.39 is 6.09 Å². The van der Waals surface area contributed by atoms with Gasteiger partial charge in [-0.3, -0.25) is 5.32 Å². The van der Waals surface area contributed by atoms with Gasteiger partial charge in [-0.1, -0.05) is 19.3 Å². The number of hydrogen-bond acceptors (Lipinski definition) is 4. The Bertz CT molecular complexity index is 637. The van der Waals surface area contributed by atoms with Gasteiger partial charge in [0, 0.05) is 4.90 Å². The molecule has 1 amide bonds. The number of fused-ring (bicyclic) bond motifs is 1. The van der Waals surface area contributed by atoms with Crippen molar-refractivity contribution in [3.05, 3.63) is 18.2 Å². The summed E-state index contributed by atoms with van der Waals surface area (Å²) in [5, 5.41) is 2.54. The van der Waals surface area contributed by atoms with Crippen molar-refractivity contribution in [3.8, 4) is 0 Å². The van der Waals surface area contributed by atoms with E-state index in [1.54, 1.807) is 0 Å². The van der Waals surface area contributed by atoms with E-state index in [4.69, 9.17) is 0 Å². The standard InChI is InChI=1S/C15H19N3O2S/c1-20-15(19)18-14-16-12-6-5-11(9-13(12)17-14)21-8-7-10-3-2-4-10/h5-6,9-10H,2-4,7-8H2,1H3,(H2,16,17,18,19). The van der Waals surface area contributed by atoms with Gasteiger partial charge < -0.3 is 9.72 Å². The molecule has 112 valence electrons. The molecule has 0 spiro atoms. The number of nitrogens with zero attached hydrogens (tertiary/aromatic N) is 1. The fraction of sp³-hybridized carbons (Fsp3) is 0.467. The van der Waals surface area contributed by atoms with Gasteiger partial charge in [0.25, 0.3) is 0 Å². The molecule has 0 unspecified atom stereocenters. The summed E-state index contributed by atoms with van der Waals surface area (Å²) in [7, 11) is 1.33. The van der Waals surface area contributed by atoms with Crippen LogP contribution in [-0.4, -0.2) is 28.9 Å². The zero-order valence-electron chi connectivity index (χ0n) is 12.0. The van der Waals surface area contributed by atoms with E-state index in [-0.39, 0.29) is 0 Å². The molecule has 0 saturated heterocycles. The number of H-pyrrole nitrogens is 1. The number of nitrogens with one attached hydrogen (secondary N) is 2. The highest BCUT2D eigenvalue weighted by Crippen LogP contribution is 2.32. The van der Waals surface area contributed by atoms with Gasteiger partial charge in [0.2, 0.25) is 5.95 Å². The lowest BCUT2D eigenvalue weighted by molar-refractivity contribution is 0.186. The number of aromatic amines is 1. The molecule has 0 bridgehead atoms. The van der Waals surface area contributed by atoms with Crippen LogP contribution >= 0.6 is 11.8 Å². The predicted molar refractivity (Wildman–Crippen MR) is 84.8 cm³/mol. The van der Waals surface area contributed by atoms with Gasteiger partial charge in [0.05, 0.1) is 18.1 Å². The zero-order valence-corrected chi connectivity index (χ0v) is 12.8. The Balaban J connectivity index is 1.63. The Morgan fingerprint density at radius 1 is 1.52 bits per heavy atom. The number of benzene rings is 1. The number of carbonyl (C=O) groups excluding carboxylic acids is 1. The predicted octanol–water partition coefficient (Wildman–Crippen LogP) is 4.02. The first-order valence-corrected chi connectivity index (χ1v) is 8.20. The SMILES string of the molecule is COC(=O)Nc1nc2ccc(SCCC3CCC3)cc2[nH]1. The van der Waals surface area contributed by atoms with Crippen molar-refractivity contribution < 1.29 is 9.53 Å². The van der Waals surface area contributed by atoms with Gasteiger partial charge >= 0.3 is 6.09 Å². The number of imidazole rings is 1. The second-order valence-corrected chi connectivity index (χ2v) is 6.48. The number of hydrogen-bond donors (Lipinski definition) is 2. The van der Waals surface area contributed by atoms with Crippen molar-refractivity contribution >= 4 is 34.8 Å². The van der Waals surface area contributed by atoms with Crippen molar-refractivity contribution in [2.75, 3.05) is 18.2 Å². The summed E-state index contributed by atoms with van der Waals surface area (Å²) in [5.41, 5.74) is 1.76. The molecule has 21 heavy (non-hydrogen) atoms. The monoisotopic (exact) mass is 305 g/mol. The molecule has 1 heterocycles. The first kappa shape index (κ1) is 14.3. The normalized spacial score (nSPS) is 14.9. The molecule has 2 aromatic rings. The number of anilines is 1. The minimum absolute atomic E-state index is 0.411. The van der Waals surface area contributed by atoms with Gasteiger partial charge in [-0.2, -0.15) is 0 Å². The molecule has 1 aromatic carbocycles. The highest BCUT2D eigenvalue weighted by molar-refractivity contribution is 7.99. The van der Waals surface area contributed by atoms with E-state index in [9.17, 15) is 4.79 Å². The zero-order chi connectivity index (χ0) is 14.7. The number of methoxy groups -OCH3 is 1. The average molecular weight is 305 g/mol. The lowest BCUT2D eigenvalue weighted by atomic mass is 9.84. The first-order chi connectivity index (χ1) is 10.2. The molecular formula is C15H19N3O2S. The molecule has 6 heteroatoms. The van der Waals surface area contributed by atoms with Crippen LogP contribution in [0.4, 0.5) is 10.7 Å². The maximum Gasteiger partial charge on any atom is 0.413 e. The molecule has 1 fully saturated rings. The van der Waals surface area contributed by atoms with E-state index in [1.165, 1.54) is 37.7 Å². The molecule has 2 N–H and O–H groups in total. The third-order valence-electron chi connectivity index (χ3n) is 3.88. The Hall–Kier alpha value is -1.69. The minimum atomic E-state index is -0.524. The molecule has 5 nitrogen and oxygen atoms in total. The van der Waals surface area contributed by atoms with Crippen LogP contribution in [0.15, 0.2) is 23.1 Å². The lowest BCUT2D eigenvalue weighted by Crippen LogP contribution is -2.11. The second-order valence-electron chi connectivity index (χ2n) is 5.32. The van der Waals surface area contributed by atoms with Crippen LogP contribution < -0.4 is 5.32 Å². The van der Waals surface area contributed by atoms with Crippen molar-refractivity contribution in [1.82, 2.24) is 9.97 Å². The molecule has 0 aliphatic heterocycles. The van der Waals surface area contributed by atoms with Crippen molar-refractivity contribution in [3.63, 3.8) is 0 Å². The fourth-order valence-electron chi connectivity index (χ4n) is 2.41. The van der Waals surface area contributed by atoms with Crippen LogP contribution in [0.25, 0.3) is 11.0 Å². The Morgan fingerprint density at radius 2 is 2.38 bits per heavy atom. The van der Waals surface area contributed by atoms with Crippen LogP contribution in [0, 0.1) is 5.92 Å². The Labute approximate surface area is 127 Å². The van der Waals surface area contributed by atoms with E-state index in [2.05, 4.69) is 32.2 Å².